The Morgan fingerprint density at radius 1 is 1.00 bits per heavy atom. The van der Waals surface area contributed by atoms with Gasteiger partial charge in [0, 0.05) is 52.2 Å². The van der Waals surface area contributed by atoms with Crippen molar-refractivity contribution in [2.45, 2.75) is 45.8 Å². The average molecular weight is 355 g/mol. The highest BCUT2D eigenvalue weighted by Crippen LogP contribution is 2.24. The fraction of sp³-hybridized carbons (Fsp3) is 0.824. The van der Waals surface area contributed by atoms with Crippen LogP contribution in [0.15, 0.2) is 0 Å². The normalized spacial score (nSPS) is 25.6. The summed E-state index contributed by atoms with van der Waals surface area (Å²) in [7, 11) is 0. The van der Waals surface area contributed by atoms with Crippen LogP contribution in [0.1, 0.15) is 34.1 Å². The molecule has 8 nitrogen and oxygen atoms in total. The Balaban J connectivity index is 2.04. The van der Waals surface area contributed by atoms with Crippen molar-refractivity contribution in [3.8, 4) is 0 Å². The first kappa shape index (κ1) is 19.5. The second-order valence-corrected chi connectivity index (χ2v) is 7.85. The summed E-state index contributed by atoms with van der Waals surface area (Å²) in [5.74, 6) is -1.43. The van der Waals surface area contributed by atoms with Crippen molar-refractivity contribution in [3.05, 3.63) is 0 Å². The van der Waals surface area contributed by atoms with Crippen LogP contribution in [0.25, 0.3) is 0 Å². The van der Waals surface area contributed by atoms with Crippen molar-refractivity contribution >= 4 is 18.0 Å². The molecule has 0 aromatic heterocycles. The maximum absolute atomic E-state index is 12.4. The largest absolute Gasteiger partial charge is 0.481 e. The predicted molar refractivity (Wildman–Crippen MR) is 91.2 cm³/mol. The molecule has 0 aromatic rings. The van der Waals surface area contributed by atoms with Gasteiger partial charge < -0.3 is 19.6 Å². The molecule has 2 heterocycles. The Hall–Kier alpha value is -1.83. The van der Waals surface area contributed by atoms with Gasteiger partial charge in [-0.05, 0) is 27.2 Å². The van der Waals surface area contributed by atoms with Gasteiger partial charge in [0.05, 0.1) is 5.92 Å². The van der Waals surface area contributed by atoms with Crippen LogP contribution in [0.5, 0.6) is 0 Å². The zero-order chi connectivity index (χ0) is 18.8. The van der Waals surface area contributed by atoms with Gasteiger partial charge in [-0.1, -0.05) is 0 Å². The number of ether oxygens (including phenoxy) is 1. The lowest BCUT2D eigenvalue weighted by atomic mass is 9.93. The van der Waals surface area contributed by atoms with Gasteiger partial charge in [-0.3, -0.25) is 14.5 Å². The molecule has 2 amide bonds. The van der Waals surface area contributed by atoms with Crippen LogP contribution in [0.4, 0.5) is 4.79 Å². The molecule has 1 N–H and O–H groups in total. The van der Waals surface area contributed by atoms with Crippen molar-refractivity contribution in [1.29, 1.82) is 0 Å². The highest BCUT2D eigenvalue weighted by Gasteiger charge is 2.38. The van der Waals surface area contributed by atoms with Crippen LogP contribution < -0.4 is 0 Å². The van der Waals surface area contributed by atoms with E-state index in [0.29, 0.717) is 39.1 Å². The number of hydrogen-bond acceptors (Lipinski definition) is 5. The van der Waals surface area contributed by atoms with Gasteiger partial charge in [-0.2, -0.15) is 0 Å². The number of rotatable bonds is 2. The maximum Gasteiger partial charge on any atom is 0.410 e. The van der Waals surface area contributed by atoms with Crippen LogP contribution in [0, 0.1) is 5.92 Å². The minimum Gasteiger partial charge on any atom is -0.481 e. The summed E-state index contributed by atoms with van der Waals surface area (Å²) in [6, 6.07) is -0.0310. The number of piperazine rings is 1. The molecular weight excluding hydrogens is 326 g/mol. The lowest BCUT2D eigenvalue weighted by Gasteiger charge is -2.44. The number of carbonyl (C=O) groups is 3. The number of hydrogen-bond donors (Lipinski definition) is 1. The lowest BCUT2D eigenvalue weighted by Crippen LogP contribution is -2.59. The molecule has 0 radical (unpaired) electrons. The second-order valence-electron chi connectivity index (χ2n) is 7.85. The van der Waals surface area contributed by atoms with E-state index >= 15 is 0 Å². The van der Waals surface area contributed by atoms with E-state index in [4.69, 9.17) is 4.74 Å². The second kappa shape index (κ2) is 7.59. The molecule has 0 aromatic carbocycles. The van der Waals surface area contributed by atoms with Gasteiger partial charge in [-0.15, -0.1) is 0 Å². The molecule has 2 rings (SSSR count). The molecule has 0 saturated carbocycles. The Morgan fingerprint density at radius 3 is 2.08 bits per heavy atom. The topological polar surface area (TPSA) is 90.4 Å². The Labute approximate surface area is 148 Å². The van der Waals surface area contributed by atoms with Crippen molar-refractivity contribution in [1.82, 2.24) is 14.7 Å². The van der Waals surface area contributed by atoms with E-state index < -0.39 is 23.6 Å². The Morgan fingerprint density at radius 2 is 1.60 bits per heavy atom. The van der Waals surface area contributed by atoms with Gasteiger partial charge in [0.2, 0.25) is 5.91 Å². The number of carbonyl (C=O) groups excluding carboxylic acids is 2. The smallest absolute Gasteiger partial charge is 0.410 e. The lowest BCUT2D eigenvalue weighted by molar-refractivity contribution is -0.144. The predicted octanol–water partition coefficient (Wildman–Crippen LogP) is 0.861. The van der Waals surface area contributed by atoms with Crippen molar-refractivity contribution < 1.29 is 24.2 Å². The number of carboxylic acid groups (broad SMARTS) is 1. The summed E-state index contributed by atoms with van der Waals surface area (Å²) in [4.78, 5) is 40.9. The summed E-state index contributed by atoms with van der Waals surface area (Å²) in [6.07, 6.45) is 0.0418. The number of amides is 2. The Bertz CT molecular complexity index is 523. The molecule has 0 spiro atoms. The zero-order valence-electron chi connectivity index (χ0n) is 15.5. The molecule has 142 valence electrons. The van der Waals surface area contributed by atoms with E-state index in [0.717, 1.165) is 0 Å². The maximum atomic E-state index is 12.4. The number of carboxylic acids is 1. The molecule has 0 bridgehead atoms. The number of nitrogens with zero attached hydrogens (tertiary/aromatic N) is 3. The summed E-state index contributed by atoms with van der Waals surface area (Å²) in [5.41, 5.74) is -0.615. The fourth-order valence-corrected chi connectivity index (χ4v) is 3.39. The quantitative estimate of drug-likeness (QED) is 0.790. The molecule has 2 atom stereocenters. The molecule has 2 saturated heterocycles. The molecule has 2 aliphatic rings. The van der Waals surface area contributed by atoms with Crippen LogP contribution in [-0.2, 0) is 14.3 Å². The molecule has 8 heteroatoms. The number of aliphatic carboxylic acids is 1. The van der Waals surface area contributed by atoms with E-state index in [1.54, 1.807) is 32.6 Å². The van der Waals surface area contributed by atoms with E-state index in [2.05, 4.69) is 4.90 Å². The minimum absolute atomic E-state index is 0.0310. The Kier molecular flexibility index (Phi) is 5.92. The summed E-state index contributed by atoms with van der Waals surface area (Å²) >= 11 is 0. The third kappa shape index (κ3) is 5.32. The molecule has 25 heavy (non-hydrogen) atoms. The van der Waals surface area contributed by atoms with Crippen LogP contribution in [0.3, 0.4) is 0 Å². The van der Waals surface area contributed by atoms with Gasteiger partial charge in [0.15, 0.2) is 0 Å². The van der Waals surface area contributed by atoms with E-state index in [1.807, 2.05) is 0 Å². The summed E-state index contributed by atoms with van der Waals surface area (Å²) in [5, 5.41) is 9.45. The van der Waals surface area contributed by atoms with Crippen molar-refractivity contribution in [2.75, 3.05) is 39.3 Å². The van der Waals surface area contributed by atoms with Gasteiger partial charge in [0.1, 0.15) is 5.60 Å². The SMILES string of the molecule is CC(=O)N1CCN([C@@H]2C[C@H](C(=O)O)CN(C(=O)OC(C)(C)C)C2)CC1. The summed E-state index contributed by atoms with van der Waals surface area (Å²) in [6.45, 7) is 10.2. The van der Waals surface area contributed by atoms with E-state index in [9.17, 15) is 19.5 Å². The minimum atomic E-state index is -0.888. The van der Waals surface area contributed by atoms with Crippen LogP contribution in [-0.4, -0.2) is 88.7 Å². The van der Waals surface area contributed by atoms with Crippen molar-refractivity contribution in [2.24, 2.45) is 5.92 Å². The molecular formula is C17H29N3O5. The highest BCUT2D eigenvalue weighted by molar-refractivity contribution is 5.74. The first-order chi connectivity index (χ1) is 11.6. The van der Waals surface area contributed by atoms with E-state index in [1.165, 1.54) is 4.90 Å². The highest BCUT2D eigenvalue weighted by atomic mass is 16.6. The average Bonchev–Trinajstić information content (AvgIpc) is 2.52. The number of piperidine rings is 1. The van der Waals surface area contributed by atoms with Crippen molar-refractivity contribution in [3.63, 3.8) is 0 Å². The standard InChI is InChI=1S/C17H29N3O5/c1-12(21)18-5-7-19(8-6-18)14-9-13(15(22)23)10-20(11-14)16(24)25-17(2,3)4/h13-14H,5-11H2,1-4H3,(H,22,23)/t13-,14+/m0/s1. The number of likely N-dealkylation sites (tertiary alicyclic amines) is 1. The first-order valence-corrected chi connectivity index (χ1v) is 8.77. The molecule has 0 unspecified atom stereocenters. The van der Waals surface area contributed by atoms with Gasteiger partial charge >= 0.3 is 12.1 Å². The van der Waals surface area contributed by atoms with E-state index in [-0.39, 0.29) is 18.5 Å². The molecule has 0 aliphatic carbocycles. The van der Waals surface area contributed by atoms with Crippen LogP contribution in [0.2, 0.25) is 0 Å². The van der Waals surface area contributed by atoms with Gasteiger partial charge in [-0.25, -0.2) is 4.79 Å². The third-order valence-electron chi connectivity index (χ3n) is 4.71. The summed E-state index contributed by atoms with van der Waals surface area (Å²) < 4.78 is 5.41. The fourth-order valence-electron chi connectivity index (χ4n) is 3.39. The first-order valence-electron chi connectivity index (χ1n) is 8.77. The van der Waals surface area contributed by atoms with Crippen LogP contribution >= 0.6 is 0 Å². The third-order valence-corrected chi connectivity index (χ3v) is 4.71. The molecule has 2 fully saturated rings. The monoisotopic (exact) mass is 355 g/mol. The molecule has 2 aliphatic heterocycles. The zero-order valence-corrected chi connectivity index (χ0v) is 15.5. The van der Waals surface area contributed by atoms with Gasteiger partial charge in [0.25, 0.3) is 0 Å².